The van der Waals surface area contributed by atoms with Gasteiger partial charge in [-0.25, -0.2) is 0 Å². The molecule has 1 aliphatic rings. The highest BCUT2D eigenvalue weighted by atomic mass is 16.7. The van der Waals surface area contributed by atoms with Crippen LogP contribution >= 0.6 is 0 Å². The first kappa shape index (κ1) is 12.0. The van der Waals surface area contributed by atoms with Gasteiger partial charge in [-0.05, 0) is 27.3 Å². The van der Waals surface area contributed by atoms with Gasteiger partial charge in [0.05, 0.1) is 17.6 Å². The monoisotopic (exact) mass is 216 g/mol. The SMILES string of the molecule is CN(/[N+]([O-])=N\OC1CCNC1)C(C)(C)C. The first-order chi connectivity index (χ1) is 6.91. The molecule has 1 N–H and O–H groups in total. The Bertz CT molecular complexity index is 231. The highest BCUT2D eigenvalue weighted by Crippen LogP contribution is 2.11. The van der Waals surface area contributed by atoms with Gasteiger partial charge in [-0.1, -0.05) is 0 Å². The number of nitrogens with zero attached hydrogens (tertiary/aromatic N) is 3. The van der Waals surface area contributed by atoms with E-state index in [9.17, 15) is 5.21 Å². The molecule has 0 saturated carbocycles. The van der Waals surface area contributed by atoms with Crippen LogP contribution in [-0.4, -0.2) is 41.8 Å². The molecule has 0 aromatic carbocycles. The predicted octanol–water partition coefficient (Wildman–Crippen LogP) is 0.888. The molecular weight excluding hydrogens is 196 g/mol. The van der Waals surface area contributed by atoms with E-state index in [0.29, 0.717) is 4.97 Å². The summed E-state index contributed by atoms with van der Waals surface area (Å²) >= 11 is 0. The molecule has 0 aliphatic carbocycles. The van der Waals surface area contributed by atoms with Crippen LogP contribution in [0.3, 0.4) is 0 Å². The van der Waals surface area contributed by atoms with Crippen molar-refractivity contribution in [3.05, 3.63) is 5.21 Å². The smallest absolute Gasteiger partial charge is 0.233 e. The summed E-state index contributed by atoms with van der Waals surface area (Å²) in [6.45, 7) is 7.49. The lowest BCUT2D eigenvalue weighted by atomic mass is 10.1. The Hall–Kier alpha value is -1.04. The van der Waals surface area contributed by atoms with Crippen LogP contribution in [-0.2, 0) is 4.84 Å². The number of nitrogens with one attached hydrogen (secondary N) is 1. The van der Waals surface area contributed by atoms with Crippen molar-refractivity contribution in [3.63, 3.8) is 0 Å². The Balaban J connectivity index is 2.44. The van der Waals surface area contributed by atoms with Gasteiger partial charge in [0.1, 0.15) is 6.10 Å². The summed E-state index contributed by atoms with van der Waals surface area (Å²) in [6.07, 6.45) is 0.922. The molecule has 0 spiro atoms. The van der Waals surface area contributed by atoms with Crippen LogP contribution in [0.2, 0.25) is 0 Å². The lowest BCUT2D eigenvalue weighted by Gasteiger charge is -2.26. The minimum Gasteiger partial charge on any atom is -0.569 e. The van der Waals surface area contributed by atoms with Crippen molar-refractivity contribution < 1.29 is 9.81 Å². The molecule has 1 heterocycles. The van der Waals surface area contributed by atoms with E-state index in [0.717, 1.165) is 19.5 Å². The molecule has 6 nitrogen and oxygen atoms in total. The summed E-state index contributed by atoms with van der Waals surface area (Å²) in [4.78, 5) is 5.61. The van der Waals surface area contributed by atoms with Gasteiger partial charge in [-0.2, -0.15) is 0 Å². The van der Waals surface area contributed by atoms with Crippen LogP contribution in [0, 0.1) is 5.21 Å². The fourth-order valence-corrected chi connectivity index (χ4v) is 1.14. The molecule has 0 aromatic heterocycles. The molecule has 0 aromatic rings. The normalized spacial score (nSPS) is 22.9. The quantitative estimate of drug-likeness (QED) is 0.432. The third-order valence-corrected chi connectivity index (χ3v) is 2.51. The predicted molar refractivity (Wildman–Crippen MR) is 55.9 cm³/mol. The van der Waals surface area contributed by atoms with Gasteiger partial charge in [0, 0.05) is 13.0 Å². The zero-order valence-electron chi connectivity index (χ0n) is 9.86. The van der Waals surface area contributed by atoms with Gasteiger partial charge >= 0.3 is 0 Å². The maximum Gasteiger partial charge on any atom is 0.233 e. The van der Waals surface area contributed by atoms with Crippen molar-refractivity contribution in [1.82, 2.24) is 10.3 Å². The van der Waals surface area contributed by atoms with E-state index in [-0.39, 0.29) is 11.6 Å². The van der Waals surface area contributed by atoms with E-state index in [2.05, 4.69) is 10.6 Å². The largest absolute Gasteiger partial charge is 0.569 e. The Labute approximate surface area is 90.4 Å². The number of hydrogen-bond acceptors (Lipinski definition) is 4. The number of hydrogen-bond donors (Lipinski definition) is 1. The van der Waals surface area contributed by atoms with Gasteiger partial charge < -0.3 is 15.4 Å². The molecule has 1 fully saturated rings. The fraction of sp³-hybridized carbons (Fsp3) is 1.00. The van der Waals surface area contributed by atoms with Crippen molar-refractivity contribution >= 4 is 0 Å². The zero-order valence-corrected chi connectivity index (χ0v) is 9.86. The minimum absolute atomic E-state index is 0.0230. The van der Waals surface area contributed by atoms with Crippen LogP contribution < -0.4 is 5.32 Å². The first-order valence-corrected chi connectivity index (χ1v) is 5.20. The van der Waals surface area contributed by atoms with Crippen LogP contribution in [0.15, 0.2) is 5.28 Å². The standard InChI is InChI=1S/C9H20N4O2/c1-9(2,3)12(4)13(14)11-15-8-5-6-10-7-8/h8,10H,5-7H2,1-4H3/b13-11+. The Morgan fingerprint density at radius 2 is 2.20 bits per heavy atom. The second-order valence-electron chi connectivity index (χ2n) is 4.75. The second-order valence-corrected chi connectivity index (χ2v) is 4.75. The summed E-state index contributed by atoms with van der Waals surface area (Å²) in [5.74, 6) is 0. The Morgan fingerprint density at radius 3 is 2.67 bits per heavy atom. The first-order valence-electron chi connectivity index (χ1n) is 5.20. The molecule has 15 heavy (non-hydrogen) atoms. The van der Waals surface area contributed by atoms with E-state index in [1.807, 2.05) is 20.8 Å². The summed E-state index contributed by atoms with van der Waals surface area (Å²) in [5.41, 5.74) is -0.261. The summed E-state index contributed by atoms with van der Waals surface area (Å²) in [6, 6.07) is 0. The van der Waals surface area contributed by atoms with Crippen molar-refractivity contribution in [2.75, 3.05) is 20.1 Å². The van der Waals surface area contributed by atoms with E-state index < -0.39 is 0 Å². The van der Waals surface area contributed by atoms with Crippen molar-refractivity contribution in [2.24, 2.45) is 5.28 Å². The molecule has 88 valence electrons. The Kier molecular flexibility index (Phi) is 3.73. The molecule has 1 atom stereocenters. The molecular formula is C9H20N4O2. The van der Waals surface area contributed by atoms with E-state index in [4.69, 9.17) is 4.84 Å². The Morgan fingerprint density at radius 1 is 1.53 bits per heavy atom. The molecule has 0 amide bonds. The maximum absolute atomic E-state index is 11.5. The van der Waals surface area contributed by atoms with Crippen LogP contribution in [0.1, 0.15) is 27.2 Å². The molecule has 1 aliphatic heterocycles. The van der Waals surface area contributed by atoms with Gasteiger partial charge in [0.25, 0.3) is 0 Å². The number of hydrazine groups is 1. The van der Waals surface area contributed by atoms with Crippen LogP contribution in [0.4, 0.5) is 0 Å². The average Bonchev–Trinajstić information content (AvgIpc) is 2.63. The fourth-order valence-electron chi connectivity index (χ4n) is 1.14. The second kappa shape index (κ2) is 4.65. The summed E-state index contributed by atoms with van der Waals surface area (Å²) < 4.78 is 0. The van der Waals surface area contributed by atoms with Crippen molar-refractivity contribution in [1.29, 1.82) is 0 Å². The average molecular weight is 216 g/mol. The molecule has 0 bridgehead atoms. The molecule has 1 saturated heterocycles. The van der Waals surface area contributed by atoms with Gasteiger partial charge in [-0.15, -0.1) is 5.01 Å². The molecule has 1 unspecified atom stereocenters. The lowest BCUT2D eigenvalue weighted by molar-refractivity contribution is -0.720. The highest BCUT2D eigenvalue weighted by molar-refractivity contribution is 4.69. The number of rotatable bonds is 3. The lowest BCUT2D eigenvalue weighted by Crippen LogP contribution is -2.42. The van der Waals surface area contributed by atoms with Crippen molar-refractivity contribution in [2.45, 2.75) is 38.8 Å². The van der Waals surface area contributed by atoms with Gasteiger partial charge in [0.15, 0.2) is 0 Å². The highest BCUT2D eigenvalue weighted by Gasteiger charge is 2.25. The third-order valence-electron chi connectivity index (χ3n) is 2.51. The molecule has 0 radical (unpaired) electrons. The topological polar surface area (TPSA) is 62.9 Å². The molecule has 1 rings (SSSR count). The van der Waals surface area contributed by atoms with E-state index in [1.165, 1.54) is 5.01 Å². The van der Waals surface area contributed by atoms with Crippen molar-refractivity contribution in [3.8, 4) is 0 Å². The summed E-state index contributed by atoms with van der Waals surface area (Å²) in [7, 11) is 1.69. The van der Waals surface area contributed by atoms with Gasteiger partial charge in [-0.3, -0.25) is 0 Å². The van der Waals surface area contributed by atoms with Gasteiger partial charge in [0.2, 0.25) is 5.28 Å². The maximum atomic E-state index is 11.5. The molecule has 6 heteroatoms. The third kappa shape index (κ3) is 3.54. The summed E-state index contributed by atoms with van der Waals surface area (Å²) in [5, 5.41) is 19.6. The van der Waals surface area contributed by atoms with Crippen LogP contribution in [0.5, 0.6) is 0 Å². The van der Waals surface area contributed by atoms with E-state index in [1.54, 1.807) is 7.05 Å². The van der Waals surface area contributed by atoms with Crippen LogP contribution in [0.25, 0.3) is 0 Å². The zero-order chi connectivity index (χ0) is 11.5. The minimum atomic E-state index is -0.261. The van der Waals surface area contributed by atoms with E-state index >= 15 is 0 Å².